The predicted molar refractivity (Wildman–Crippen MR) is 73.0 cm³/mol. The van der Waals surface area contributed by atoms with Gasteiger partial charge < -0.3 is 5.11 Å². The average Bonchev–Trinajstić information content (AvgIpc) is 2.35. The van der Waals surface area contributed by atoms with Gasteiger partial charge in [-0.1, -0.05) is 26.2 Å². The first kappa shape index (κ1) is 16.4. The summed E-state index contributed by atoms with van der Waals surface area (Å²) in [7, 11) is -2.16. The van der Waals surface area contributed by atoms with Gasteiger partial charge >= 0.3 is 5.97 Å². The van der Waals surface area contributed by atoms with Gasteiger partial charge in [0.1, 0.15) is 0 Å². The van der Waals surface area contributed by atoms with Crippen molar-refractivity contribution in [3.05, 3.63) is 0 Å². The molecule has 0 heterocycles. The summed E-state index contributed by atoms with van der Waals surface area (Å²) in [6, 6.07) is -0.0176. The molecule has 0 amide bonds. The van der Waals surface area contributed by atoms with Gasteiger partial charge in [0.05, 0.1) is 6.42 Å². The Hall–Kier alpha value is -0.660. The summed E-state index contributed by atoms with van der Waals surface area (Å²) < 4.78 is 27.8. The molecule has 2 N–H and O–H groups in total. The normalized spacial score (nSPS) is 24.6. The molecule has 2 unspecified atom stereocenters. The SMILES string of the molecule is CCC1CCCC(NS(=O)(=O)N(C)CCC(=O)O)C1. The van der Waals surface area contributed by atoms with Gasteiger partial charge in [-0.2, -0.15) is 17.4 Å². The van der Waals surface area contributed by atoms with Crippen LogP contribution < -0.4 is 4.72 Å². The van der Waals surface area contributed by atoms with Crippen LogP contribution in [0, 0.1) is 5.92 Å². The fourth-order valence-electron chi connectivity index (χ4n) is 2.44. The Morgan fingerprint density at radius 3 is 2.68 bits per heavy atom. The van der Waals surface area contributed by atoms with Crippen molar-refractivity contribution in [2.24, 2.45) is 5.92 Å². The Morgan fingerprint density at radius 1 is 1.42 bits per heavy atom. The molecule has 7 heteroatoms. The standard InChI is InChI=1S/C12H24N2O4S/c1-3-10-5-4-6-11(9-10)13-19(17,18)14(2)8-7-12(15)16/h10-11,13H,3-9H2,1-2H3,(H,15,16). The molecule has 0 aromatic heterocycles. The summed E-state index contributed by atoms with van der Waals surface area (Å²) in [6.07, 6.45) is 4.85. The van der Waals surface area contributed by atoms with Gasteiger partial charge in [0.25, 0.3) is 10.2 Å². The van der Waals surface area contributed by atoms with Crippen LogP contribution >= 0.6 is 0 Å². The van der Waals surface area contributed by atoms with Crippen LogP contribution in [0.1, 0.15) is 45.4 Å². The molecule has 0 aromatic carbocycles. The number of aliphatic carboxylic acids is 1. The lowest BCUT2D eigenvalue weighted by Crippen LogP contribution is -2.45. The summed E-state index contributed by atoms with van der Waals surface area (Å²) in [6.45, 7) is 2.12. The second kappa shape index (κ2) is 7.21. The zero-order chi connectivity index (χ0) is 14.5. The number of rotatable bonds is 7. The first-order chi connectivity index (χ1) is 8.85. The van der Waals surface area contributed by atoms with E-state index >= 15 is 0 Å². The molecule has 0 aliphatic heterocycles. The van der Waals surface area contributed by atoms with Crippen LogP contribution in [0.25, 0.3) is 0 Å². The quantitative estimate of drug-likeness (QED) is 0.738. The molecule has 1 aliphatic rings. The van der Waals surface area contributed by atoms with Crippen LogP contribution in [0.3, 0.4) is 0 Å². The third kappa shape index (κ3) is 5.46. The van der Waals surface area contributed by atoms with E-state index in [-0.39, 0.29) is 19.0 Å². The molecule has 1 aliphatic carbocycles. The molecule has 0 radical (unpaired) electrons. The van der Waals surface area contributed by atoms with E-state index in [0.29, 0.717) is 5.92 Å². The zero-order valence-electron chi connectivity index (χ0n) is 11.6. The van der Waals surface area contributed by atoms with Crippen LogP contribution in [0.2, 0.25) is 0 Å². The number of carboxylic acids is 1. The van der Waals surface area contributed by atoms with Crippen molar-refractivity contribution in [2.75, 3.05) is 13.6 Å². The molecular formula is C12H24N2O4S. The Balaban J connectivity index is 2.51. The molecular weight excluding hydrogens is 268 g/mol. The predicted octanol–water partition coefficient (Wildman–Crippen LogP) is 1.20. The second-order valence-electron chi connectivity index (χ2n) is 5.23. The molecule has 0 spiro atoms. The highest BCUT2D eigenvalue weighted by molar-refractivity contribution is 7.87. The van der Waals surface area contributed by atoms with Gasteiger partial charge in [0.2, 0.25) is 0 Å². The van der Waals surface area contributed by atoms with Gasteiger partial charge in [0.15, 0.2) is 0 Å². The monoisotopic (exact) mass is 292 g/mol. The number of nitrogens with one attached hydrogen (secondary N) is 1. The first-order valence-corrected chi connectivity index (χ1v) is 8.24. The maximum atomic E-state index is 12.0. The molecule has 0 saturated heterocycles. The molecule has 112 valence electrons. The van der Waals surface area contributed by atoms with Crippen LogP contribution in [-0.4, -0.2) is 43.4 Å². The number of nitrogens with zero attached hydrogens (tertiary/aromatic N) is 1. The molecule has 0 aromatic rings. The highest BCUT2D eigenvalue weighted by Gasteiger charge is 2.27. The van der Waals surface area contributed by atoms with Gasteiger partial charge in [-0.15, -0.1) is 0 Å². The Bertz CT molecular complexity index is 397. The fourth-order valence-corrected chi connectivity index (χ4v) is 3.59. The summed E-state index contributed by atoms with van der Waals surface area (Å²) in [4.78, 5) is 10.5. The lowest BCUT2D eigenvalue weighted by molar-refractivity contribution is -0.137. The minimum absolute atomic E-state index is 0.00536. The number of hydrogen-bond donors (Lipinski definition) is 2. The van der Waals surface area contributed by atoms with E-state index in [1.807, 2.05) is 0 Å². The van der Waals surface area contributed by atoms with E-state index in [1.165, 1.54) is 13.5 Å². The van der Waals surface area contributed by atoms with Crippen LogP contribution in [0.4, 0.5) is 0 Å². The average molecular weight is 292 g/mol. The van der Waals surface area contributed by atoms with E-state index < -0.39 is 16.2 Å². The van der Waals surface area contributed by atoms with E-state index in [0.717, 1.165) is 30.0 Å². The van der Waals surface area contributed by atoms with Gasteiger partial charge in [-0.05, 0) is 18.8 Å². The van der Waals surface area contributed by atoms with Crippen molar-refractivity contribution in [2.45, 2.75) is 51.5 Å². The third-order valence-corrected chi connectivity index (χ3v) is 5.36. The molecule has 1 rings (SSSR count). The van der Waals surface area contributed by atoms with Crippen LogP contribution in [0.15, 0.2) is 0 Å². The molecule has 1 fully saturated rings. The van der Waals surface area contributed by atoms with Crippen LogP contribution in [-0.2, 0) is 15.0 Å². The summed E-state index contributed by atoms with van der Waals surface area (Å²) in [5.74, 6) is -0.406. The van der Waals surface area contributed by atoms with E-state index in [1.54, 1.807) is 0 Å². The second-order valence-corrected chi connectivity index (χ2v) is 7.04. The number of hydrogen-bond acceptors (Lipinski definition) is 3. The maximum Gasteiger partial charge on any atom is 0.304 e. The number of carbonyl (C=O) groups is 1. The maximum absolute atomic E-state index is 12.0. The largest absolute Gasteiger partial charge is 0.481 e. The molecule has 1 saturated carbocycles. The van der Waals surface area contributed by atoms with Crippen molar-refractivity contribution in [3.8, 4) is 0 Å². The molecule has 19 heavy (non-hydrogen) atoms. The van der Waals surface area contributed by atoms with Crippen LogP contribution in [0.5, 0.6) is 0 Å². The van der Waals surface area contributed by atoms with Crippen molar-refractivity contribution in [3.63, 3.8) is 0 Å². The van der Waals surface area contributed by atoms with E-state index in [2.05, 4.69) is 11.6 Å². The minimum atomic E-state index is -3.57. The molecule has 2 atom stereocenters. The smallest absolute Gasteiger partial charge is 0.304 e. The summed E-state index contributed by atoms with van der Waals surface area (Å²) in [5, 5.41) is 8.57. The number of carboxylic acid groups (broad SMARTS) is 1. The van der Waals surface area contributed by atoms with E-state index in [9.17, 15) is 13.2 Å². The van der Waals surface area contributed by atoms with Crippen molar-refractivity contribution in [1.82, 2.24) is 9.03 Å². The Kier molecular flexibility index (Phi) is 6.22. The Morgan fingerprint density at radius 2 is 2.11 bits per heavy atom. The fraction of sp³-hybridized carbons (Fsp3) is 0.917. The van der Waals surface area contributed by atoms with Gasteiger partial charge in [-0.3, -0.25) is 4.79 Å². The van der Waals surface area contributed by atoms with E-state index in [4.69, 9.17) is 5.11 Å². The Labute approximate surface area is 115 Å². The highest BCUT2D eigenvalue weighted by atomic mass is 32.2. The highest BCUT2D eigenvalue weighted by Crippen LogP contribution is 2.27. The summed E-state index contributed by atoms with van der Waals surface area (Å²) in [5.41, 5.74) is 0. The van der Waals surface area contributed by atoms with Crippen molar-refractivity contribution >= 4 is 16.2 Å². The lowest BCUT2D eigenvalue weighted by Gasteiger charge is -2.30. The lowest BCUT2D eigenvalue weighted by atomic mass is 9.85. The topological polar surface area (TPSA) is 86.7 Å². The molecule has 6 nitrogen and oxygen atoms in total. The minimum Gasteiger partial charge on any atom is -0.481 e. The van der Waals surface area contributed by atoms with Crippen molar-refractivity contribution < 1.29 is 18.3 Å². The van der Waals surface area contributed by atoms with Gasteiger partial charge in [0, 0.05) is 19.6 Å². The van der Waals surface area contributed by atoms with Gasteiger partial charge in [-0.25, -0.2) is 0 Å². The summed E-state index contributed by atoms with van der Waals surface area (Å²) >= 11 is 0. The molecule has 0 bridgehead atoms. The first-order valence-electron chi connectivity index (χ1n) is 6.80. The third-order valence-electron chi connectivity index (χ3n) is 3.73. The zero-order valence-corrected chi connectivity index (χ0v) is 12.4. The van der Waals surface area contributed by atoms with Crippen molar-refractivity contribution in [1.29, 1.82) is 0 Å².